The number of carbonyl (C=O) groups is 2. The van der Waals surface area contributed by atoms with E-state index in [0.717, 1.165) is 5.56 Å². The molecule has 2 N–H and O–H groups in total. The number of benzene rings is 3. The Morgan fingerprint density at radius 1 is 1.00 bits per heavy atom. The normalized spacial score (nSPS) is 10.4. The quantitative estimate of drug-likeness (QED) is 0.598. The molecule has 0 heterocycles. The molecule has 3 aromatic rings. The van der Waals surface area contributed by atoms with Crippen LogP contribution in [0.5, 0.6) is 11.5 Å². The number of carboxylic acids is 1. The Balaban J connectivity index is 1.86. The molecule has 0 saturated carbocycles. The number of carboxylic acid groups (broad SMARTS) is 1. The third-order valence-electron chi connectivity index (χ3n) is 4.00. The Morgan fingerprint density at radius 2 is 1.67 bits per heavy atom. The summed E-state index contributed by atoms with van der Waals surface area (Å²) < 4.78 is 5.72. The van der Waals surface area contributed by atoms with Crippen LogP contribution in [0.2, 0.25) is 5.02 Å². The highest BCUT2D eigenvalue weighted by atomic mass is 35.5. The van der Waals surface area contributed by atoms with E-state index in [9.17, 15) is 14.7 Å². The van der Waals surface area contributed by atoms with Gasteiger partial charge in [0.2, 0.25) is 0 Å². The highest BCUT2D eigenvalue weighted by Crippen LogP contribution is 2.29. The Kier molecular flexibility index (Phi) is 5.43. The lowest BCUT2D eigenvalue weighted by Crippen LogP contribution is -1.99. The lowest BCUT2D eigenvalue weighted by Gasteiger charge is -2.11. The van der Waals surface area contributed by atoms with Crippen LogP contribution in [0.15, 0.2) is 60.7 Å². The van der Waals surface area contributed by atoms with Gasteiger partial charge in [-0.3, -0.25) is 4.79 Å². The van der Waals surface area contributed by atoms with Gasteiger partial charge in [-0.25, -0.2) is 4.79 Å². The second-order valence-corrected chi connectivity index (χ2v) is 6.26. The maximum absolute atomic E-state index is 11.5. The summed E-state index contributed by atoms with van der Waals surface area (Å²) in [6.45, 7) is 0.278. The SMILES string of the molecule is O=Cc1cc(-c2ccc(O)c(C(=O)O)c2)ccc1OCc1ccc(Cl)cc1. The van der Waals surface area contributed by atoms with Gasteiger partial charge in [0, 0.05) is 5.02 Å². The summed E-state index contributed by atoms with van der Waals surface area (Å²) in [4.78, 5) is 22.6. The van der Waals surface area contributed by atoms with Gasteiger partial charge in [-0.15, -0.1) is 0 Å². The van der Waals surface area contributed by atoms with Crippen LogP contribution in [-0.2, 0) is 6.61 Å². The van der Waals surface area contributed by atoms with Crippen LogP contribution in [0.1, 0.15) is 26.3 Å². The molecule has 0 aliphatic heterocycles. The monoisotopic (exact) mass is 382 g/mol. The molecule has 5 nitrogen and oxygen atoms in total. The third-order valence-corrected chi connectivity index (χ3v) is 4.26. The van der Waals surface area contributed by atoms with E-state index >= 15 is 0 Å². The molecular formula is C21H15ClO5. The summed E-state index contributed by atoms with van der Waals surface area (Å²) in [7, 11) is 0. The fourth-order valence-corrected chi connectivity index (χ4v) is 2.71. The van der Waals surface area contributed by atoms with Gasteiger partial charge in [-0.2, -0.15) is 0 Å². The second-order valence-electron chi connectivity index (χ2n) is 5.82. The standard InChI is InChI=1S/C21H15ClO5/c22-17-5-1-13(2-6-17)12-27-20-8-4-14(9-16(20)11-23)15-3-7-19(24)18(10-15)21(25)26/h1-11,24H,12H2,(H,25,26). The van der Waals surface area contributed by atoms with E-state index < -0.39 is 5.97 Å². The van der Waals surface area contributed by atoms with Crippen LogP contribution >= 0.6 is 11.6 Å². The lowest BCUT2D eigenvalue weighted by atomic mass is 10.0. The van der Waals surface area contributed by atoms with Crippen molar-refractivity contribution in [2.75, 3.05) is 0 Å². The predicted octanol–water partition coefficient (Wildman–Crippen LogP) is 4.80. The van der Waals surface area contributed by atoms with Gasteiger partial charge >= 0.3 is 5.97 Å². The molecule has 6 heteroatoms. The molecular weight excluding hydrogens is 368 g/mol. The number of hydrogen-bond donors (Lipinski definition) is 2. The molecule has 0 saturated heterocycles. The average molecular weight is 383 g/mol. The molecule has 3 rings (SSSR count). The Labute approximate surface area is 160 Å². The number of aldehydes is 1. The van der Waals surface area contributed by atoms with Crippen LogP contribution in [0, 0.1) is 0 Å². The largest absolute Gasteiger partial charge is 0.507 e. The van der Waals surface area contributed by atoms with E-state index in [1.807, 2.05) is 12.1 Å². The van der Waals surface area contributed by atoms with Gasteiger partial charge in [0.25, 0.3) is 0 Å². The molecule has 0 atom stereocenters. The predicted molar refractivity (Wildman–Crippen MR) is 102 cm³/mol. The minimum atomic E-state index is -1.23. The average Bonchev–Trinajstić information content (AvgIpc) is 2.67. The summed E-state index contributed by atoms with van der Waals surface area (Å²) in [5.74, 6) is -1.13. The Hall–Kier alpha value is -3.31. The summed E-state index contributed by atoms with van der Waals surface area (Å²) in [6.07, 6.45) is 0.680. The van der Waals surface area contributed by atoms with Gasteiger partial charge in [0.15, 0.2) is 6.29 Å². The lowest BCUT2D eigenvalue weighted by molar-refractivity contribution is 0.0693. The Morgan fingerprint density at radius 3 is 2.33 bits per heavy atom. The number of aromatic hydroxyl groups is 1. The maximum atomic E-state index is 11.5. The molecule has 0 spiro atoms. The fourth-order valence-electron chi connectivity index (χ4n) is 2.58. The first kappa shape index (κ1) is 18.5. The molecule has 0 unspecified atom stereocenters. The van der Waals surface area contributed by atoms with Crippen molar-refractivity contribution in [1.82, 2.24) is 0 Å². The molecule has 0 aliphatic carbocycles. The van der Waals surface area contributed by atoms with Gasteiger partial charge < -0.3 is 14.9 Å². The van der Waals surface area contributed by atoms with Crippen LogP contribution in [0.25, 0.3) is 11.1 Å². The molecule has 0 aliphatic rings. The van der Waals surface area contributed by atoms with Gasteiger partial charge in [-0.1, -0.05) is 35.9 Å². The molecule has 0 bridgehead atoms. The van der Waals surface area contributed by atoms with Crippen molar-refractivity contribution in [3.05, 3.63) is 82.4 Å². The van der Waals surface area contributed by atoms with Gasteiger partial charge in [0.05, 0.1) is 5.56 Å². The van der Waals surface area contributed by atoms with Crippen LogP contribution in [0.3, 0.4) is 0 Å². The zero-order valence-electron chi connectivity index (χ0n) is 14.1. The first-order valence-corrected chi connectivity index (χ1v) is 8.39. The van der Waals surface area contributed by atoms with Crippen LogP contribution < -0.4 is 4.74 Å². The number of carbonyl (C=O) groups excluding carboxylic acids is 1. The molecule has 0 fully saturated rings. The van der Waals surface area contributed by atoms with Gasteiger partial charge in [-0.05, 0) is 53.1 Å². The minimum absolute atomic E-state index is 0.205. The van der Waals surface area contributed by atoms with E-state index in [4.69, 9.17) is 21.4 Å². The van der Waals surface area contributed by atoms with Crippen molar-refractivity contribution < 1.29 is 24.5 Å². The molecule has 0 radical (unpaired) electrons. The van der Waals surface area contributed by atoms with Crippen LogP contribution in [0.4, 0.5) is 0 Å². The van der Waals surface area contributed by atoms with Crippen molar-refractivity contribution in [3.63, 3.8) is 0 Å². The summed E-state index contributed by atoms with van der Waals surface area (Å²) >= 11 is 5.85. The summed E-state index contributed by atoms with van der Waals surface area (Å²) in [5, 5.41) is 19.4. The maximum Gasteiger partial charge on any atom is 0.339 e. The van der Waals surface area contributed by atoms with E-state index in [2.05, 4.69) is 0 Å². The number of rotatable bonds is 6. The number of halogens is 1. The minimum Gasteiger partial charge on any atom is -0.507 e. The number of hydrogen-bond acceptors (Lipinski definition) is 4. The Bertz CT molecular complexity index is 996. The molecule has 27 heavy (non-hydrogen) atoms. The first-order chi connectivity index (χ1) is 13.0. The molecule has 0 amide bonds. The van der Waals surface area contributed by atoms with E-state index in [-0.39, 0.29) is 17.9 Å². The van der Waals surface area contributed by atoms with E-state index in [1.54, 1.807) is 36.4 Å². The molecule has 0 aromatic heterocycles. The summed E-state index contributed by atoms with van der Waals surface area (Å²) in [6, 6.07) is 16.4. The number of ether oxygens (including phenoxy) is 1. The van der Waals surface area contributed by atoms with Crippen molar-refractivity contribution in [2.45, 2.75) is 6.61 Å². The zero-order chi connectivity index (χ0) is 19.4. The van der Waals surface area contributed by atoms with E-state index in [1.165, 1.54) is 12.1 Å². The second kappa shape index (κ2) is 7.93. The van der Waals surface area contributed by atoms with Crippen LogP contribution in [-0.4, -0.2) is 22.5 Å². The number of phenols is 1. The molecule has 136 valence electrons. The molecule has 3 aromatic carbocycles. The third kappa shape index (κ3) is 4.27. The zero-order valence-corrected chi connectivity index (χ0v) is 14.8. The van der Waals surface area contributed by atoms with E-state index in [0.29, 0.717) is 33.7 Å². The van der Waals surface area contributed by atoms with Crippen molar-refractivity contribution in [3.8, 4) is 22.6 Å². The topological polar surface area (TPSA) is 83.8 Å². The van der Waals surface area contributed by atoms with Gasteiger partial charge in [0.1, 0.15) is 23.7 Å². The van der Waals surface area contributed by atoms with Crippen molar-refractivity contribution in [1.29, 1.82) is 0 Å². The fraction of sp³-hybridized carbons (Fsp3) is 0.0476. The smallest absolute Gasteiger partial charge is 0.339 e. The highest BCUT2D eigenvalue weighted by molar-refractivity contribution is 6.30. The van der Waals surface area contributed by atoms with Crippen molar-refractivity contribution >= 4 is 23.9 Å². The van der Waals surface area contributed by atoms with Crippen molar-refractivity contribution in [2.24, 2.45) is 0 Å². The highest BCUT2D eigenvalue weighted by Gasteiger charge is 2.12. The summed E-state index contributed by atoms with van der Waals surface area (Å²) in [5.41, 5.74) is 2.25. The first-order valence-electron chi connectivity index (χ1n) is 8.01. The number of aromatic carboxylic acids is 1.